The Morgan fingerprint density at radius 1 is 0.980 bits per heavy atom. The van der Waals surface area contributed by atoms with Gasteiger partial charge in [0, 0.05) is 30.2 Å². The highest BCUT2D eigenvalue weighted by molar-refractivity contribution is 9.10. The average molecular weight is 754 g/mol. The van der Waals surface area contributed by atoms with Crippen LogP contribution in [0.4, 0.5) is 29.3 Å². The van der Waals surface area contributed by atoms with Gasteiger partial charge in [0.2, 0.25) is 0 Å². The Labute approximate surface area is 299 Å². The third kappa shape index (κ3) is 8.45. The van der Waals surface area contributed by atoms with Crippen LogP contribution in [0, 0.1) is 11.3 Å². The number of unbranched alkanes of at least 4 members (excludes halogenated alkanes) is 2. The summed E-state index contributed by atoms with van der Waals surface area (Å²) in [5, 5.41) is 20.9. The molecule has 0 saturated carbocycles. The first kappa shape index (κ1) is 36.8. The van der Waals surface area contributed by atoms with Crippen molar-refractivity contribution in [3.63, 3.8) is 0 Å². The van der Waals surface area contributed by atoms with Crippen molar-refractivity contribution >= 4 is 33.3 Å². The summed E-state index contributed by atoms with van der Waals surface area (Å²) in [5.74, 6) is 0.776. The second-order valence-electron chi connectivity index (χ2n) is 13.1. The van der Waals surface area contributed by atoms with Gasteiger partial charge >= 0.3 is 12.2 Å². The number of halogens is 4. The Morgan fingerprint density at radius 2 is 1.68 bits per heavy atom. The van der Waals surface area contributed by atoms with Gasteiger partial charge in [-0.1, -0.05) is 34.1 Å². The Hall–Kier alpha value is -4.47. The molecule has 5 rings (SSSR count). The van der Waals surface area contributed by atoms with Gasteiger partial charge in [-0.05, 0) is 86.3 Å². The van der Waals surface area contributed by atoms with Gasteiger partial charge in [0.15, 0.2) is 5.88 Å². The lowest BCUT2D eigenvalue weighted by molar-refractivity contribution is -0.890. The lowest BCUT2D eigenvalue weighted by Gasteiger charge is -2.41. The first-order valence-electron chi connectivity index (χ1n) is 16.7. The predicted octanol–water partition coefficient (Wildman–Crippen LogP) is 9.25. The van der Waals surface area contributed by atoms with Crippen LogP contribution in [0.25, 0.3) is 0 Å². The van der Waals surface area contributed by atoms with Gasteiger partial charge < -0.3 is 23.8 Å². The summed E-state index contributed by atoms with van der Waals surface area (Å²) < 4.78 is 50.6. The Balaban J connectivity index is 1.34. The van der Waals surface area contributed by atoms with E-state index in [1.54, 1.807) is 39.9 Å². The number of rotatable bonds is 14. The minimum Gasteiger partial charge on any atom is -0.494 e. The van der Waals surface area contributed by atoms with Gasteiger partial charge in [-0.2, -0.15) is 18.4 Å². The Bertz CT molecular complexity index is 1820. The fourth-order valence-corrected chi connectivity index (χ4v) is 6.70. The molecule has 12 heteroatoms. The number of aromatic nitrogens is 1. The zero-order valence-corrected chi connectivity index (χ0v) is 30.0. The normalized spacial score (nSPS) is 14.8. The number of carbonyl (C=O) groups is 1. The molecule has 1 aliphatic rings. The summed E-state index contributed by atoms with van der Waals surface area (Å²) in [7, 11) is 4.37. The standard InChI is InChI=1S/C38H41BrF3N5O3/c1-4-44-26-33-34(36(44)48)35(28-14-12-27(25-43)13-15-28)45(37(49)46(33)31-11-8-10-29(24-31)38(40,41)42)20-6-5-7-21-47(2,3)22-9-23-50-32-18-16-30(39)17-19-32/h8,10-19,24,26,35H,4-7,9,20-23H2,1-3H3/p+1/t35-/m1/s1. The van der Waals surface area contributed by atoms with E-state index in [0.29, 0.717) is 48.5 Å². The average Bonchev–Trinajstić information content (AvgIpc) is 3.42. The maximum atomic E-state index is 14.5. The van der Waals surface area contributed by atoms with Crippen molar-refractivity contribution < 1.29 is 32.3 Å². The summed E-state index contributed by atoms with van der Waals surface area (Å²) in [5.41, 5.74) is 1.08. The molecule has 8 nitrogen and oxygen atoms in total. The molecule has 2 heterocycles. The van der Waals surface area contributed by atoms with Gasteiger partial charge in [0.25, 0.3) is 0 Å². The minimum atomic E-state index is -4.60. The molecule has 0 radical (unpaired) electrons. The molecular formula is C38H42BrF3N5O3+. The highest BCUT2D eigenvalue weighted by Gasteiger charge is 2.43. The monoisotopic (exact) mass is 752 g/mol. The van der Waals surface area contributed by atoms with Crippen LogP contribution in [0.2, 0.25) is 0 Å². The van der Waals surface area contributed by atoms with E-state index >= 15 is 0 Å². The third-order valence-corrected chi connectivity index (χ3v) is 9.64. The topological polar surface area (TPSA) is 81.7 Å². The highest BCUT2D eigenvalue weighted by Crippen LogP contribution is 2.49. The minimum absolute atomic E-state index is 0.0606. The SMILES string of the molecule is CCn1cc2c(c1O)[C@@H](c1ccc(C#N)cc1)N(CCCCC[N+](C)(C)CCCOc1ccc(Br)cc1)C(=O)N2c1cccc(C(F)(F)F)c1. The van der Waals surface area contributed by atoms with E-state index in [9.17, 15) is 28.3 Å². The van der Waals surface area contributed by atoms with Crippen LogP contribution in [-0.2, 0) is 12.7 Å². The van der Waals surface area contributed by atoms with Crippen molar-refractivity contribution in [2.45, 2.75) is 51.4 Å². The van der Waals surface area contributed by atoms with E-state index < -0.39 is 23.8 Å². The first-order valence-corrected chi connectivity index (χ1v) is 17.5. The van der Waals surface area contributed by atoms with Crippen molar-refractivity contribution in [2.75, 3.05) is 45.2 Å². The Morgan fingerprint density at radius 3 is 2.34 bits per heavy atom. The van der Waals surface area contributed by atoms with E-state index in [1.807, 2.05) is 31.2 Å². The van der Waals surface area contributed by atoms with Gasteiger partial charge in [-0.3, -0.25) is 4.90 Å². The number of ether oxygens (including phenoxy) is 1. The van der Waals surface area contributed by atoms with Crippen molar-refractivity contribution in [2.24, 2.45) is 0 Å². The number of amides is 2. The molecule has 4 aromatic rings. The molecule has 1 atom stereocenters. The summed E-state index contributed by atoms with van der Waals surface area (Å²) in [6.45, 7) is 5.01. The maximum absolute atomic E-state index is 14.5. The number of benzene rings is 3. The number of aryl methyl sites for hydroxylation is 1. The second kappa shape index (κ2) is 15.6. The molecule has 264 valence electrons. The summed E-state index contributed by atoms with van der Waals surface area (Å²) in [6.07, 6.45) is 0.279. The molecular weight excluding hydrogens is 711 g/mol. The van der Waals surface area contributed by atoms with Crippen LogP contribution in [0.15, 0.2) is 83.5 Å². The Kier molecular flexibility index (Phi) is 11.5. The van der Waals surface area contributed by atoms with Crippen molar-refractivity contribution in [3.8, 4) is 17.7 Å². The van der Waals surface area contributed by atoms with E-state index in [-0.39, 0.29) is 11.6 Å². The van der Waals surface area contributed by atoms with Gasteiger partial charge in [0.1, 0.15) is 5.75 Å². The number of anilines is 2. The van der Waals surface area contributed by atoms with Crippen LogP contribution >= 0.6 is 15.9 Å². The number of nitriles is 1. The predicted molar refractivity (Wildman–Crippen MR) is 190 cm³/mol. The fourth-order valence-electron chi connectivity index (χ4n) is 6.43. The quantitative estimate of drug-likeness (QED) is 0.103. The number of carbonyl (C=O) groups excluding carboxylic acids is 1. The molecule has 0 fully saturated rings. The van der Waals surface area contributed by atoms with Crippen molar-refractivity contribution in [3.05, 3.63) is 106 Å². The lowest BCUT2D eigenvalue weighted by atomic mass is 9.94. The summed E-state index contributed by atoms with van der Waals surface area (Å²) in [6, 6.07) is 20.2. The highest BCUT2D eigenvalue weighted by atomic mass is 79.9. The molecule has 1 N–H and O–H groups in total. The molecule has 0 bridgehead atoms. The number of nitrogens with zero attached hydrogens (tertiary/aromatic N) is 5. The summed E-state index contributed by atoms with van der Waals surface area (Å²) in [4.78, 5) is 17.4. The van der Waals surface area contributed by atoms with E-state index in [2.05, 4.69) is 36.1 Å². The smallest absolute Gasteiger partial charge is 0.416 e. The number of fused-ring (bicyclic) bond motifs is 1. The van der Waals surface area contributed by atoms with Crippen LogP contribution in [0.3, 0.4) is 0 Å². The molecule has 0 unspecified atom stereocenters. The van der Waals surface area contributed by atoms with Crippen LogP contribution in [0.5, 0.6) is 11.6 Å². The number of hydrogen-bond acceptors (Lipinski definition) is 4. The number of aromatic hydroxyl groups is 1. The molecule has 0 aliphatic carbocycles. The zero-order chi connectivity index (χ0) is 36.1. The zero-order valence-electron chi connectivity index (χ0n) is 28.5. The van der Waals surface area contributed by atoms with Crippen molar-refractivity contribution in [1.82, 2.24) is 9.47 Å². The van der Waals surface area contributed by atoms with E-state index in [4.69, 9.17) is 4.74 Å². The molecule has 1 aromatic heterocycles. The lowest BCUT2D eigenvalue weighted by Crippen LogP contribution is -2.48. The van der Waals surface area contributed by atoms with E-state index in [0.717, 1.165) is 59.2 Å². The summed E-state index contributed by atoms with van der Waals surface area (Å²) >= 11 is 3.43. The second-order valence-corrected chi connectivity index (χ2v) is 14.0. The maximum Gasteiger partial charge on any atom is 0.416 e. The van der Waals surface area contributed by atoms with Gasteiger partial charge in [-0.15, -0.1) is 0 Å². The molecule has 0 saturated heterocycles. The van der Waals surface area contributed by atoms with Crippen molar-refractivity contribution in [1.29, 1.82) is 5.26 Å². The van der Waals surface area contributed by atoms with Crippen LogP contribution < -0.4 is 9.64 Å². The van der Waals surface area contributed by atoms with Gasteiger partial charge in [-0.25, -0.2) is 4.79 Å². The first-order chi connectivity index (χ1) is 23.8. The fraction of sp³-hybridized carbons (Fsp3) is 0.368. The molecule has 50 heavy (non-hydrogen) atoms. The van der Waals surface area contributed by atoms with Crippen LogP contribution in [-0.4, -0.2) is 65.4 Å². The number of urea groups is 1. The third-order valence-electron chi connectivity index (χ3n) is 9.11. The molecule has 0 spiro atoms. The number of alkyl halides is 3. The number of hydrogen-bond donors (Lipinski definition) is 1. The van der Waals surface area contributed by atoms with Gasteiger partial charge in [0.05, 0.1) is 74.0 Å². The molecule has 2 amide bonds. The van der Waals surface area contributed by atoms with E-state index in [1.165, 1.54) is 17.0 Å². The molecule has 1 aliphatic heterocycles. The van der Waals surface area contributed by atoms with Crippen LogP contribution in [0.1, 0.15) is 60.9 Å². The largest absolute Gasteiger partial charge is 0.494 e. The number of quaternary nitrogens is 1. The molecule has 3 aromatic carbocycles.